The van der Waals surface area contributed by atoms with Crippen molar-refractivity contribution in [1.82, 2.24) is 4.90 Å². The summed E-state index contributed by atoms with van der Waals surface area (Å²) < 4.78 is 5.13. The van der Waals surface area contributed by atoms with E-state index >= 15 is 0 Å². The quantitative estimate of drug-likeness (QED) is 0.568. The highest BCUT2D eigenvalue weighted by molar-refractivity contribution is 8.00. The van der Waals surface area contributed by atoms with Crippen molar-refractivity contribution in [3.05, 3.63) is 59.7 Å². The predicted octanol–water partition coefficient (Wildman–Crippen LogP) is 3.76. The molecule has 0 radical (unpaired) electrons. The molecule has 0 spiro atoms. The summed E-state index contributed by atoms with van der Waals surface area (Å²) in [6, 6.07) is 15.8. The molecule has 0 N–H and O–H groups in total. The fraction of sp³-hybridized carbons (Fsp3) is 0.250. The fourth-order valence-corrected chi connectivity index (χ4v) is 2.97. The van der Waals surface area contributed by atoms with Gasteiger partial charge in [-0.25, -0.2) is 0 Å². The van der Waals surface area contributed by atoms with E-state index in [4.69, 9.17) is 11.2 Å². The van der Waals surface area contributed by atoms with Crippen LogP contribution in [0.15, 0.2) is 53.4 Å². The molecule has 4 heteroatoms. The van der Waals surface area contributed by atoms with Gasteiger partial charge in [0.05, 0.1) is 19.4 Å². The average molecular weight is 339 g/mol. The number of thioether (sulfide) groups is 1. The second kappa shape index (κ2) is 9.05. The van der Waals surface area contributed by atoms with E-state index in [1.54, 1.807) is 12.0 Å². The van der Waals surface area contributed by atoms with Gasteiger partial charge in [-0.1, -0.05) is 35.7 Å². The third-order valence-corrected chi connectivity index (χ3v) is 4.55. The van der Waals surface area contributed by atoms with Crippen LogP contribution in [-0.2, 0) is 11.3 Å². The fourth-order valence-electron chi connectivity index (χ4n) is 2.16. The Balaban J connectivity index is 1.95. The van der Waals surface area contributed by atoms with Gasteiger partial charge in [0, 0.05) is 11.4 Å². The Morgan fingerprint density at radius 2 is 1.83 bits per heavy atom. The number of aryl methyl sites for hydroxylation is 1. The maximum atomic E-state index is 12.5. The third-order valence-electron chi connectivity index (χ3n) is 3.55. The van der Waals surface area contributed by atoms with Crippen LogP contribution in [0.5, 0.6) is 5.75 Å². The van der Waals surface area contributed by atoms with Crippen LogP contribution in [-0.4, -0.2) is 30.2 Å². The monoisotopic (exact) mass is 339 g/mol. The number of terminal acetylenes is 1. The number of methoxy groups -OCH3 is 1. The number of carbonyl (C=O) groups excluding carboxylic acids is 1. The van der Waals surface area contributed by atoms with Gasteiger partial charge in [-0.2, -0.15) is 0 Å². The first-order valence-corrected chi connectivity index (χ1v) is 8.64. The van der Waals surface area contributed by atoms with Crippen molar-refractivity contribution in [3.63, 3.8) is 0 Å². The van der Waals surface area contributed by atoms with E-state index in [9.17, 15) is 4.79 Å². The van der Waals surface area contributed by atoms with Crippen LogP contribution in [0.4, 0.5) is 0 Å². The van der Waals surface area contributed by atoms with E-state index < -0.39 is 0 Å². The van der Waals surface area contributed by atoms with Crippen LogP contribution in [0.2, 0.25) is 0 Å². The van der Waals surface area contributed by atoms with E-state index in [0.29, 0.717) is 18.8 Å². The van der Waals surface area contributed by atoms with Crippen molar-refractivity contribution in [2.75, 3.05) is 19.4 Å². The van der Waals surface area contributed by atoms with Gasteiger partial charge in [0.15, 0.2) is 0 Å². The summed E-state index contributed by atoms with van der Waals surface area (Å²) in [6.07, 6.45) is 5.42. The molecule has 1 amide bonds. The summed E-state index contributed by atoms with van der Waals surface area (Å²) in [7, 11) is 1.63. The lowest BCUT2D eigenvalue weighted by molar-refractivity contribution is -0.128. The Bertz CT molecular complexity index is 702. The molecule has 0 aliphatic rings. The molecule has 0 unspecified atom stereocenters. The van der Waals surface area contributed by atoms with Crippen LogP contribution in [0.1, 0.15) is 11.1 Å². The van der Waals surface area contributed by atoms with Gasteiger partial charge >= 0.3 is 0 Å². The molecular weight excluding hydrogens is 318 g/mol. The second-order valence-electron chi connectivity index (χ2n) is 5.40. The highest BCUT2D eigenvalue weighted by Crippen LogP contribution is 2.22. The molecule has 0 aromatic heterocycles. The highest BCUT2D eigenvalue weighted by Gasteiger charge is 2.13. The molecule has 0 saturated carbocycles. The molecule has 2 aromatic rings. The number of amides is 1. The van der Waals surface area contributed by atoms with E-state index in [1.165, 1.54) is 17.3 Å². The molecule has 3 nitrogen and oxygen atoms in total. The van der Waals surface area contributed by atoms with Crippen molar-refractivity contribution < 1.29 is 9.53 Å². The van der Waals surface area contributed by atoms with Crippen LogP contribution in [0.25, 0.3) is 0 Å². The molecule has 0 aliphatic carbocycles. The molecule has 0 atom stereocenters. The number of hydrogen-bond donors (Lipinski definition) is 0. The Labute approximate surface area is 148 Å². The molecule has 124 valence electrons. The Hall–Kier alpha value is -2.38. The Morgan fingerprint density at radius 1 is 1.17 bits per heavy atom. The normalized spacial score (nSPS) is 10.0. The lowest BCUT2D eigenvalue weighted by Crippen LogP contribution is -2.32. The lowest BCUT2D eigenvalue weighted by Gasteiger charge is -2.20. The van der Waals surface area contributed by atoms with Crippen LogP contribution >= 0.6 is 11.8 Å². The van der Waals surface area contributed by atoms with E-state index in [0.717, 1.165) is 16.2 Å². The summed E-state index contributed by atoms with van der Waals surface area (Å²) in [4.78, 5) is 15.2. The minimum absolute atomic E-state index is 0.0364. The highest BCUT2D eigenvalue weighted by atomic mass is 32.2. The summed E-state index contributed by atoms with van der Waals surface area (Å²) in [5.74, 6) is 3.77. The molecule has 0 saturated heterocycles. The Kier molecular flexibility index (Phi) is 6.77. The molecule has 0 fully saturated rings. The van der Waals surface area contributed by atoms with Gasteiger partial charge in [-0.15, -0.1) is 18.2 Å². The zero-order chi connectivity index (χ0) is 17.4. The van der Waals surface area contributed by atoms with E-state index in [2.05, 4.69) is 5.92 Å². The minimum atomic E-state index is 0.0364. The van der Waals surface area contributed by atoms with Crippen molar-refractivity contribution in [2.45, 2.75) is 18.4 Å². The predicted molar refractivity (Wildman–Crippen MR) is 99.1 cm³/mol. The van der Waals surface area contributed by atoms with Crippen molar-refractivity contribution >= 4 is 17.7 Å². The standard InChI is InChI=1S/C20H21NO2S/c1-4-13-21(14-17-7-5-16(2)6-8-17)20(22)15-24-19-11-9-18(23-3)10-12-19/h1,5-12H,13-15H2,2-3H3. The van der Waals surface area contributed by atoms with E-state index in [1.807, 2.05) is 55.5 Å². The molecule has 24 heavy (non-hydrogen) atoms. The average Bonchev–Trinajstić information content (AvgIpc) is 2.61. The summed E-state index contributed by atoms with van der Waals surface area (Å²) in [6.45, 7) is 2.89. The van der Waals surface area contributed by atoms with Gasteiger partial charge in [-0.05, 0) is 36.8 Å². The zero-order valence-electron chi connectivity index (χ0n) is 14.0. The van der Waals surface area contributed by atoms with Gasteiger partial charge < -0.3 is 9.64 Å². The van der Waals surface area contributed by atoms with Crippen LogP contribution in [0, 0.1) is 19.3 Å². The maximum Gasteiger partial charge on any atom is 0.234 e. The number of carbonyl (C=O) groups is 1. The number of nitrogens with zero attached hydrogens (tertiary/aromatic N) is 1. The number of hydrogen-bond acceptors (Lipinski definition) is 3. The zero-order valence-corrected chi connectivity index (χ0v) is 14.8. The van der Waals surface area contributed by atoms with Gasteiger partial charge in [0.25, 0.3) is 0 Å². The van der Waals surface area contributed by atoms with E-state index in [-0.39, 0.29) is 5.91 Å². The van der Waals surface area contributed by atoms with Gasteiger partial charge in [0.1, 0.15) is 5.75 Å². The summed E-state index contributed by atoms with van der Waals surface area (Å²) >= 11 is 1.50. The van der Waals surface area contributed by atoms with Crippen LogP contribution < -0.4 is 4.74 Å². The largest absolute Gasteiger partial charge is 0.497 e. The SMILES string of the molecule is C#CCN(Cc1ccc(C)cc1)C(=O)CSc1ccc(OC)cc1. The molecule has 0 heterocycles. The van der Waals surface area contributed by atoms with Gasteiger partial charge in [-0.3, -0.25) is 4.79 Å². The minimum Gasteiger partial charge on any atom is -0.497 e. The molecule has 2 rings (SSSR count). The summed E-state index contributed by atoms with van der Waals surface area (Å²) in [5.41, 5.74) is 2.28. The van der Waals surface area contributed by atoms with Crippen molar-refractivity contribution in [2.24, 2.45) is 0 Å². The topological polar surface area (TPSA) is 29.5 Å². The summed E-state index contributed by atoms with van der Waals surface area (Å²) in [5, 5.41) is 0. The smallest absolute Gasteiger partial charge is 0.234 e. The van der Waals surface area contributed by atoms with Crippen molar-refractivity contribution in [3.8, 4) is 18.1 Å². The Morgan fingerprint density at radius 3 is 2.42 bits per heavy atom. The molecular formula is C20H21NO2S. The first-order valence-electron chi connectivity index (χ1n) is 7.66. The first kappa shape index (κ1) is 18.0. The number of ether oxygens (including phenoxy) is 1. The van der Waals surface area contributed by atoms with Crippen LogP contribution in [0.3, 0.4) is 0 Å². The second-order valence-corrected chi connectivity index (χ2v) is 6.45. The number of rotatable bonds is 7. The molecule has 2 aromatic carbocycles. The maximum absolute atomic E-state index is 12.5. The van der Waals surface area contributed by atoms with Crippen molar-refractivity contribution in [1.29, 1.82) is 0 Å². The molecule has 0 aliphatic heterocycles. The third kappa shape index (κ3) is 5.36. The van der Waals surface area contributed by atoms with Gasteiger partial charge in [0.2, 0.25) is 5.91 Å². The lowest BCUT2D eigenvalue weighted by atomic mass is 10.1. The number of benzene rings is 2. The molecule has 0 bridgehead atoms. The first-order chi connectivity index (χ1) is 11.6.